The van der Waals surface area contributed by atoms with Crippen LogP contribution in [0.2, 0.25) is 5.02 Å². The van der Waals surface area contributed by atoms with E-state index >= 15 is 0 Å². The van der Waals surface area contributed by atoms with Gasteiger partial charge in [-0.05, 0) is 43.5 Å². The minimum Gasteiger partial charge on any atom is -0.478 e. The van der Waals surface area contributed by atoms with Crippen molar-refractivity contribution >= 4 is 29.2 Å². The van der Waals surface area contributed by atoms with Crippen molar-refractivity contribution in [3.8, 4) is 0 Å². The van der Waals surface area contributed by atoms with E-state index in [0.29, 0.717) is 5.69 Å². The van der Waals surface area contributed by atoms with E-state index in [-0.39, 0.29) is 23.0 Å². The number of aromatic carboxylic acids is 1. The topological polar surface area (TPSA) is 78.4 Å². The Morgan fingerprint density at radius 3 is 2.68 bits per heavy atom. The number of hydrogen-bond acceptors (Lipinski definition) is 3. The first kappa shape index (κ1) is 13.8. The summed E-state index contributed by atoms with van der Waals surface area (Å²) < 4.78 is 0. The Labute approximate surface area is 116 Å². The first-order valence-corrected chi connectivity index (χ1v) is 6.47. The predicted molar refractivity (Wildman–Crippen MR) is 72.6 cm³/mol. The Balaban J connectivity index is 1.85. The van der Waals surface area contributed by atoms with Crippen molar-refractivity contribution in [1.29, 1.82) is 0 Å². The number of amides is 1. The molecule has 0 heterocycles. The van der Waals surface area contributed by atoms with Gasteiger partial charge in [-0.2, -0.15) is 0 Å². The van der Waals surface area contributed by atoms with Crippen molar-refractivity contribution in [3.63, 3.8) is 0 Å². The van der Waals surface area contributed by atoms with Crippen LogP contribution >= 0.6 is 11.6 Å². The zero-order valence-electron chi connectivity index (χ0n) is 10.3. The molecular weight excluding hydrogens is 268 g/mol. The van der Waals surface area contributed by atoms with E-state index in [4.69, 9.17) is 16.7 Å². The van der Waals surface area contributed by atoms with Gasteiger partial charge in [0.15, 0.2) is 0 Å². The Morgan fingerprint density at radius 2 is 2.11 bits per heavy atom. The molecule has 0 saturated heterocycles. The number of nitrogens with one attached hydrogen (secondary N) is 2. The van der Waals surface area contributed by atoms with Gasteiger partial charge in [-0.1, -0.05) is 11.6 Å². The summed E-state index contributed by atoms with van der Waals surface area (Å²) in [5.41, 5.74) is 0.514. The van der Waals surface area contributed by atoms with Gasteiger partial charge in [0, 0.05) is 5.69 Å². The van der Waals surface area contributed by atoms with Crippen LogP contribution in [-0.4, -0.2) is 30.1 Å². The molecule has 5 nitrogen and oxygen atoms in total. The van der Waals surface area contributed by atoms with Gasteiger partial charge in [-0.25, -0.2) is 4.79 Å². The highest BCUT2D eigenvalue weighted by Crippen LogP contribution is 2.27. The number of carbonyl (C=O) groups excluding carboxylic acids is 1. The molecule has 1 aromatic carbocycles. The monoisotopic (exact) mass is 282 g/mol. The second kappa shape index (κ2) is 6.04. The van der Waals surface area contributed by atoms with Crippen LogP contribution in [0.25, 0.3) is 0 Å². The molecule has 0 bridgehead atoms. The second-order valence-corrected chi connectivity index (χ2v) is 5.03. The van der Waals surface area contributed by atoms with Gasteiger partial charge in [0.25, 0.3) is 0 Å². The van der Waals surface area contributed by atoms with Gasteiger partial charge in [-0.15, -0.1) is 0 Å². The molecule has 1 aliphatic carbocycles. The van der Waals surface area contributed by atoms with Crippen molar-refractivity contribution in [2.24, 2.45) is 5.92 Å². The maximum Gasteiger partial charge on any atom is 0.337 e. The summed E-state index contributed by atoms with van der Waals surface area (Å²) in [4.78, 5) is 22.4. The average Bonchev–Trinajstić information content (AvgIpc) is 3.12. The van der Waals surface area contributed by atoms with Crippen molar-refractivity contribution in [2.75, 3.05) is 18.4 Å². The van der Waals surface area contributed by atoms with E-state index in [1.54, 1.807) is 0 Å². The number of carboxylic acids is 1. The summed E-state index contributed by atoms with van der Waals surface area (Å²) in [7, 11) is 0. The third-order valence-corrected chi connectivity index (χ3v) is 3.21. The first-order chi connectivity index (χ1) is 9.06. The molecule has 0 atom stereocenters. The van der Waals surface area contributed by atoms with E-state index in [1.807, 2.05) is 0 Å². The van der Waals surface area contributed by atoms with Crippen LogP contribution in [0.4, 0.5) is 5.69 Å². The molecule has 1 aliphatic rings. The molecule has 1 fully saturated rings. The zero-order valence-corrected chi connectivity index (χ0v) is 11.0. The number of halogens is 1. The van der Waals surface area contributed by atoms with E-state index in [1.165, 1.54) is 31.0 Å². The molecule has 0 aromatic heterocycles. The van der Waals surface area contributed by atoms with Crippen LogP contribution in [0.1, 0.15) is 23.2 Å². The number of carboxylic acid groups (broad SMARTS) is 1. The molecule has 0 unspecified atom stereocenters. The van der Waals surface area contributed by atoms with Gasteiger partial charge in [-0.3, -0.25) is 4.79 Å². The fourth-order valence-electron chi connectivity index (χ4n) is 1.68. The lowest BCUT2D eigenvalue weighted by Crippen LogP contribution is -2.29. The molecule has 0 radical (unpaired) electrons. The fourth-order valence-corrected chi connectivity index (χ4v) is 1.94. The Morgan fingerprint density at radius 1 is 1.37 bits per heavy atom. The summed E-state index contributed by atoms with van der Waals surface area (Å²) >= 11 is 5.81. The quantitative estimate of drug-likeness (QED) is 0.745. The van der Waals surface area contributed by atoms with Gasteiger partial charge in [0.1, 0.15) is 0 Å². The number of rotatable bonds is 6. The smallest absolute Gasteiger partial charge is 0.337 e. The normalized spacial score (nSPS) is 14.2. The van der Waals surface area contributed by atoms with Crippen LogP contribution in [-0.2, 0) is 4.79 Å². The summed E-state index contributed by atoms with van der Waals surface area (Å²) in [6, 6.07) is 4.33. The van der Waals surface area contributed by atoms with Crippen LogP contribution in [0.15, 0.2) is 18.2 Å². The third-order valence-electron chi connectivity index (χ3n) is 2.90. The van der Waals surface area contributed by atoms with E-state index < -0.39 is 5.97 Å². The lowest BCUT2D eigenvalue weighted by molar-refractivity contribution is -0.115. The van der Waals surface area contributed by atoms with E-state index in [2.05, 4.69) is 10.6 Å². The average molecular weight is 283 g/mol. The maximum atomic E-state index is 11.6. The number of anilines is 1. The highest BCUT2D eigenvalue weighted by molar-refractivity contribution is 6.33. The third kappa shape index (κ3) is 4.22. The maximum absolute atomic E-state index is 11.6. The summed E-state index contributed by atoms with van der Waals surface area (Å²) in [5.74, 6) is -0.536. The Hall–Kier alpha value is -1.59. The molecule has 3 N–H and O–H groups in total. The minimum absolute atomic E-state index is 0.0199. The van der Waals surface area contributed by atoms with Crippen LogP contribution in [0.5, 0.6) is 0 Å². The van der Waals surface area contributed by atoms with E-state index in [0.717, 1.165) is 12.5 Å². The molecule has 0 spiro atoms. The van der Waals surface area contributed by atoms with Crippen molar-refractivity contribution in [2.45, 2.75) is 12.8 Å². The molecule has 2 rings (SSSR count). The van der Waals surface area contributed by atoms with Gasteiger partial charge in [0.2, 0.25) is 5.91 Å². The van der Waals surface area contributed by atoms with Gasteiger partial charge < -0.3 is 15.7 Å². The molecule has 0 aliphatic heterocycles. The minimum atomic E-state index is -1.09. The van der Waals surface area contributed by atoms with Crippen LogP contribution in [0, 0.1) is 5.92 Å². The van der Waals surface area contributed by atoms with Crippen molar-refractivity contribution < 1.29 is 14.7 Å². The molecular formula is C13H15ClN2O3. The predicted octanol–water partition coefficient (Wildman–Crippen LogP) is 1.98. The molecule has 1 aromatic rings. The summed E-state index contributed by atoms with van der Waals surface area (Å²) in [5, 5.41) is 14.7. The first-order valence-electron chi connectivity index (χ1n) is 6.09. The molecule has 1 amide bonds. The fraction of sp³-hybridized carbons (Fsp3) is 0.385. The summed E-state index contributed by atoms with van der Waals surface area (Å²) in [6.07, 6.45) is 2.47. The van der Waals surface area contributed by atoms with Crippen LogP contribution < -0.4 is 10.6 Å². The lowest BCUT2D eigenvalue weighted by Gasteiger charge is -2.07. The lowest BCUT2D eigenvalue weighted by atomic mass is 10.2. The Bertz CT molecular complexity index is 501. The summed E-state index contributed by atoms with van der Waals surface area (Å²) in [6.45, 7) is 1.11. The number of hydrogen-bond donors (Lipinski definition) is 3. The van der Waals surface area contributed by atoms with Gasteiger partial charge >= 0.3 is 5.97 Å². The Kier molecular flexibility index (Phi) is 4.39. The standard InChI is InChI=1S/C13H15ClN2O3/c14-11-5-9(3-4-10(11)13(18)19)16-12(17)7-15-6-8-1-2-8/h3-5,8,15H,1-2,6-7H2,(H,16,17)(H,18,19). The molecule has 6 heteroatoms. The SMILES string of the molecule is O=C(CNCC1CC1)Nc1ccc(C(=O)O)c(Cl)c1. The van der Waals surface area contributed by atoms with Crippen molar-refractivity contribution in [3.05, 3.63) is 28.8 Å². The molecule has 1 saturated carbocycles. The van der Waals surface area contributed by atoms with Crippen molar-refractivity contribution in [1.82, 2.24) is 5.32 Å². The van der Waals surface area contributed by atoms with Gasteiger partial charge in [0.05, 0.1) is 17.1 Å². The van der Waals surface area contributed by atoms with Crippen LogP contribution in [0.3, 0.4) is 0 Å². The number of benzene rings is 1. The molecule has 102 valence electrons. The second-order valence-electron chi connectivity index (χ2n) is 4.62. The molecule has 19 heavy (non-hydrogen) atoms. The largest absolute Gasteiger partial charge is 0.478 e. The highest BCUT2D eigenvalue weighted by Gasteiger charge is 2.20. The van der Waals surface area contributed by atoms with E-state index in [9.17, 15) is 9.59 Å². The highest BCUT2D eigenvalue weighted by atomic mass is 35.5. The zero-order chi connectivity index (χ0) is 13.8. The number of carbonyl (C=O) groups is 2.